The molecular weight excluding hydrogens is 242 g/mol. The lowest BCUT2D eigenvalue weighted by Gasteiger charge is -2.15. The fourth-order valence-corrected chi connectivity index (χ4v) is 1.57. The number of methoxy groups -OCH3 is 1. The van der Waals surface area contributed by atoms with E-state index in [4.69, 9.17) is 9.47 Å². The van der Waals surface area contributed by atoms with Crippen LogP contribution < -0.4 is 14.8 Å². The monoisotopic (exact) mass is 267 g/mol. The molecule has 0 spiro atoms. The van der Waals surface area contributed by atoms with Crippen LogP contribution in [0, 0.1) is 0 Å². The largest absolute Gasteiger partial charge is 0.493 e. The van der Waals surface area contributed by atoms with Crippen molar-refractivity contribution in [3.05, 3.63) is 23.8 Å². The zero-order chi connectivity index (χ0) is 14.3. The molecule has 0 saturated carbocycles. The van der Waals surface area contributed by atoms with Gasteiger partial charge in [-0.15, -0.1) is 0 Å². The molecule has 1 aromatic carbocycles. The van der Waals surface area contributed by atoms with Crippen LogP contribution >= 0.6 is 0 Å². The van der Waals surface area contributed by atoms with Gasteiger partial charge in [0.2, 0.25) is 0 Å². The van der Waals surface area contributed by atoms with E-state index in [0.29, 0.717) is 24.0 Å². The molecule has 0 aromatic heterocycles. The maximum absolute atomic E-state index is 9.51. The summed E-state index contributed by atoms with van der Waals surface area (Å²) in [6, 6.07) is 6.30. The fourth-order valence-electron chi connectivity index (χ4n) is 1.57. The summed E-state index contributed by atoms with van der Waals surface area (Å²) in [6.45, 7) is 7.23. The quantitative estimate of drug-likeness (QED) is 0.759. The van der Waals surface area contributed by atoms with E-state index in [2.05, 4.69) is 19.2 Å². The molecule has 0 aliphatic carbocycles. The third-order valence-corrected chi connectivity index (χ3v) is 2.84. The third kappa shape index (κ3) is 5.49. The number of benzene rings is 1. The van der Waals surface area contributed by atoms with Gasteiger partial charge in [0.1, 0.15) is 6.61 Å². The molecule has 1 aromatic rings. The van der Waals surface area contributed by atoms with Crippen LogP contribution in [0.5, 0.6) is 11.5 Å². The topological polar surface area (TPSA) is 50.7 Å². The molecule has 108 valence electrons. The number of hydrogen-bond donors (Lipinski definition) is 2. The first-order chi connectivity index (χ1) is 9.06. The first-order valence-electron chi connectivity index (χ1n) is 6.78. The zero-order valence-electron chi connectivity index (χ0n) is 12.3. The Morgan fingerprint density at radius 3 is 2.58 bits per heavy atom. The van der Waals surface area contributed by atoms with Crippen molar-refractivity contribution in [2.45, 2.75) is 45.9 Å². The smallest absolute Gasteiger partial charge is 0.161 e. The highest BCUT2D eigenvalue weighted by atomic mass is 16.5. The van der Waals surface area contributed by atoms with Crippen molar-refractivity contribution >= 4 is 0 Å². The lowest BCUT2D eigenvalue weighted by atomic mass is 10.2. The fraction of sp³-hybridized carbons (Fsp3) is 0.600. The maximum Gasteiger partial charge on any atom is 0.161 e. The molecule has 1 atom stereocenters. The van der Waals surface area contributed by atoms with Crippen molar-refractivity contribution in [1.29, 1.82) is 0 Å². The molecule has 1 rings (SSSR count). The molecule has 0 bridgehead atoms. The van der Waals surface area contributed by atoms with E-state index < -0.39 is 6.10 Å². The van der Waals surface area contributed by atoms with Gasteiger partial charge in [-0.05, 0) is 24.1 Å². The number of ether oxygens (including phenoxy) is 2. The van der Waals surface area contributed by atoms with E-state index in [1.54, 1.807) is 7.11 Å². The van der Waals surface area contributed by atoms with Gasteiger partial charge in [-0.25, -0.2) is 0 Å². The Labute approximate surface area is 115 Å². The molecule has 0 aliphatic rings. The summed E-state index contributed by atoms with van der Waals surface area (Å²) >= 11 is 0. The molecule has 0 heterocycles. The average molecular weight is 267 g/mol. The second-order valence-corrected chi connectivity index (χ2v) is 4.89. The summed E-state index contributed by atoms with van der Waals surface area (Å²) in [7, 11) is 1.62. The highest BCUT2D eigenvalue weighted by Gasteiger charge is 2.08. The number of aliphatic hydroxyl groups excluding tert-OH is 1. The number of nitrogens with one attached hydrogen (secondary N) is 1. The Hall–Kier alpha value is -1.26. The highest BCUT2D eigenvalue weighted by Crippen LogP contribution is 2.28. The summed E-state index contributed by atoms with van der Waals surface area (Å²) in [4.78, 5) is 0. The van der Waals surface area contributed by atoms with Crippen molar-refractivity contribution in [3.8, 4) is 11.5 Å². The van der Waals surface area contributed by atoms with Gasteiger partial charge in [-0.2, -0.15) is 0 Å². The minimum absolute atomic E-state index is 0.288. The first kappa shape index (κ1) is 15.8. The van der Waals surface area contributed by atoms with E-state index in [1.165, 1.54) is 0 Å². The molecule has 0 aliphatic heterocycles. The van der Waals surface area contributed by atoms with Gasteiger partial charge in [-0.3, -0.25) is 0 Å². The molecule has 0 saturated heterocycles. The Morgan fingerprint density at radius 2 is 2.00 bits per heavy atom. The van der Waals surface area contributed by atoms with Crippen molar-refractivity contribution in [2.24, 2.45) is 0 Å². The van der Waals surface area contributed by atoms with Gasteiger partial charge in [0.15, 0.2) is 11.5 Å². The second kappa shape index (κ2) is 8.02. The number of aliphatic hydroxyl groups is 1. The summed E-state index contributed by atoms with van der Waals surface area (Å²) in [5, 5.41) is 12.9. The zero-order valence-corrected chi connectivity index (χ0v) is 12.3. The summed E-state index contributed by atoms with van der Waals surface area (Å²) in [6.07, 6.45) is 0.241. The van der Waals surface area contributed by atoms with Crippen molar-refractivity contribution < 1.29 is 14.6 Å². The Balaban J connectivity index is 2.67. The number of rotatable bonds is 8. The van der Waals surface area contributed by atoms with Crippen molar-refractivity contribution in [1.82, 2.24) is 5.32 Å². The molecule has 4 heteroatoms. The lowest BCUT2D eigenvalue weighted by Crippen LogP contribution is -2.21. The van der Waals surface area contributed by atoms with Crippen LogP contribution in [-0.4, -0.2) is 31.0 Å². The minimum atomic E-state index is -0.438. The van der Waals surface area contributed by atoms with E-state index in [-0.39, 0.29) is 6.61 Å². The van der Waals surface area contributed by atoms with E-state index in [1.807, 2.05) is 25.1 Å². The van der Waals surface area contributed by atoms with E-state index in [0.717, 1.165) is 12.1 Å². The van der Waals surface area contributed by atoms with Gasteiger partial charge >= 0.3 is 0 Å². The molecule has 0 amide bonds. The van der Waals surface area contributed by atoms with Gasteiger partial charge in [0.05, 0.1) is 13.2 Å². The maximum atomic E-state index is 9.51. The minimum Gasteiger partial charge on any atom is -0.493 e. The van der Waals surface area contributed by atoms with Crippen LogP contribution in [-0.2, 0) is 6.54 Å². The molecule has 1 unspecified atom stereocenters. The number of hydrogen-bond acceptors (Lipinski definition) is 4. The van der Waals surface area contributed by atoms with Crippen LogP contribution in [0.15, 0.2) is 18.2 Å². The van der Waals surface area contributed by atoms with Crippen LogP contribution in [0.1, 0.15) is 32.8 Å². The van der Waals surface area contributed by atoms with Crippen LogP contribution in [0.25, 0.3) is 0 Å². The predicted molar refractivity (Wildman–Crippen MR) is 76.8 cm³/mol. The van der Waals surface area contributed by atoms with E-state index in [9.17, 15) is 5.11 Å². The molecule has 0 radical (unpaired) electrons. The standard InChI is InChI=1S/C15H25NO3/c1-5-13(17)10-19-14-7-6-12(8-15(14)18-4)9-16-11(2)3/h6-8,11,13,16-17H,5,9-10H2,1-4H3. The van der Waals surface area contributed by atoms with Gasteiger partial charge in [0, 0.05) is 12.6 Å². The summed E-state index contributed by atoms with van der Waals surface area (Å²) in [5.41, 5.74) is 1.15. The Bertz CT molecular complexity index is 380. The molecule has 19 heavy (non-hydrogen) atoms. The van der Waals surface area contributed by atoms with Crippen molar-refractivity contribution in [2.75, 3.05) is 13.7 Å². The second-order valence-electron chi connectivity index (χ2n) is 4.89. The highest BCUT2D eigenvalue weighted by molar-refractivity contribution is 5.43. The van der Waals surface area contributed by atoms with Crippen LogP contribution in [0.4, 0.5) is 0 Å². The lowest BCUT2D eigenvalue weighted by molar-refractivity contribution is 0.102. The molecule has 4 nitrogen and oxygen atoms in total. The summed E-state index contributed by atoms with van der Waals surface area (Å²) < 4.78 is 10.9. The molecule has 0 fully saturated rings. The third-order valence-electron chi connectivity index (χ3n) is 2.84. The predicted octanol–water partition coefficient (Wildman–Crippen LogP) is 2.34. The van der Waals surface area contributed by atoms with Crippen molar-refractivity contribution in [3.63, 3.8) is 0 Å². The van der Waals surface area contributed by atoms with Crippen LogP contribution in [0.2, 0.25) is 0 Å². The Morgan fingerprint density at radius 1 is 1.26 bits per heavy atom. The van der Waals surface area contributed by atoms with E-state index >= 15 is 0 Å². The molecular formula is C15H25NO3. The summed E-state index contributed by atoms with van der Waals surface area (Å²) in [5.74, 6) is 1.37. The molecule has 2 N–H and O–H groups in total. The first-order valence-corrected chi connectivity index (χ1v) is 6.78. The SMILES string of the molecule is CCC(O)COc1ccc(CNC(C)C)cc1OC. The van der Waals surface area contributed by atoms with Gasteiger partial charge in [-0.1, -0.05) is 26.8 Å². The van der Waals surface area contributed by atoms with Gasteiger partial charge < -0.3 is 19.9 Å². The van der Waals surface area contributed by atoms with Crippen LogP contribution in [0.3, 0.4) is 0 Å². The Kier molecular flexibility index (Phi) is 6.67. The normalized spacial score (nSPS) is 12.5. The average Bonchev–Trinajstić information content (AvgIpc) is 2.42. The van der Waals surface area contributed by atoms with Gasteiger partial charge in [0.25, 0.3) is 0 Å².